The Labute approximate surface area is 124 Å². The minimum absolute atomic E-state index is 0.139. The van der Waals surface area contributed by atoms with Crippen molar-refractivity contribution in [3.63, 3.8) is 0 Å². The molecular formula is C13H22O8. The van der Waals surface area contributed by atoms with E-state index in [4.69, 9.17) is 20.3 Å². The van der Waals surface area contributed by atoms with E-state index in [0.717, 1.165) is 6.92 Å². The Kier molecular flexibility index (Phi) is 6.37. The SMILES string of the molecule is [2H]CCCO[C@H]1[C@H](O)[C@@H](COC(C)=O)OC(OC(C)=O)[C@@H]1O. The highest BCUT2D eigenvalue weighted by Crippen LogP contribution is 2.25. The van der Waals surface area contributed by atoms with Gasteiger partial charge in [-0.15, -0.1) is 0 Å². The van der Waals surface area contributed by atoms with Crippen molar-refractivity contribution in [1.29, 1.82) is 0 Å². The van der Waals surface area contributed by atoms with Gasteiger partial charge in [-0.05, 0) is 6.42 Å². The van der Waals surface area contributed by atoms with Crippen LogP contribution in [0.15, 0.2) is 0 Å². The molecule has 1 unspecified atom stereocenters. The van der Waals surface area contributed by atoms with Crippen LogP contribution in [0.4, 0.5) is 0 Å². The zero-order valence-electron chi connectivity index (χ0n) is 13.1. The second-order valence-corrected chi connectivity index (χ2v) is 4.63. The topological polar surface area (TPSA) is 112 Å². The van der Waals surface area contributed by atoms with Crippen molar-refractivity contribution in [1.82, 2.24) is 0 Å². The third kappa shape index (κ3) is 5.24. The molecule has 8 heteroatoms. The molecule has 1 aliphatic heterocycles. The zero-order chi connectivity index (χ0) is 16.7. The van der Waals surface area contributed by atoms with E-state index in [1.807, 2.05) is 0 Å². The fourth-order valence-electron chi connectivity index (χ4n) is 1.92. The Bertz CT molecular complexity index is 377. The van der Waals surface area contributed by atoms with Crippen LogP contribution in [0.1, 0.15) is 28.5 Å². The highest BCUT2D eigenvalue weighted by atomic mass is 16.7. The highest BCUT2D eigenvalue weighted by molar-refractivity contribution is 5.66. The highest BCUT2D eigenvalue weighted by Gasteiger charge is 2.47. The van der Waals surface area contributed by atoms with Gasteiger partial charge in [0.25, 0.3) is 0 Å². The van der Waals surface area contributed by atoms with E-state index in [-0.39, 0.29) is 20.1 Å². The molecule has 0 radical (unpaired) electrons. The Morgan fingerprint density at radius 2 is 1.95 bits per heavy atom. The maximum absolute atomic E-state index is 11.1. The standard InChI is InChI=1S/C13H22O8/c1-4-5-18-12-10(16)9(6-19-7(2)14)21-13(11(12)17)20-8(3)15/h9-13,16-17H,4-6H2,1-3H3/t9-,10-,11-,12+,13?/m1/s1/i1D. The predicted octanol–water partition coefficient (Wildman–Crippen LogP) is -0.646. The lowest BCUT2D eigenvalue weighted by atomic mass is 9.99. The van der Waals surface area contributed by atoms with Gasteiger partial charge in [-0.25, -0.2) is 0 Å². The monoisotopic (exact) mass is 307 g/mol. The summed E-state index contributed by atoms with van der Waals surface area (Å²) in [6.45, 7) is 2.38. The number of ether oxygens (including phenoxy) is 4. The average molecular weight is 307 g/mol. The minimum atomic E-state index is -1.39. The summed E-state index contributed by atoms with van der Waals surface area (Å²) in [5.41, 5.74) is 0. The molecule has 0 aromatic rings. The third-order valence-corrected chi connectivity index (χ3v) is 2.83. The first-order valence-electron chi connectivity index (χ1n) is 7.30. The fourth-order valence-corrected chi connectivity index (χ4v) is 1.92. The molecule has 1 aliphatic rings. The molecule has 1 fully saturated rings. The van der Waals surface area contributed by atoms with E-state index in [1.54, 1.807) is 0 Å². The van der Waals surface area contributed by atoms with E-state index in [2.05, 4.69) is 0 Å². The van der Waals surface area contributed by atoms with Crippen LogP contribution in [-0.4, -0.2) is 66.1 Å². The number of hydrogen-bond acceptors (Lipinski definition) is 8. The summed E-state index contributed by atoms with van der Waals surface area (Å²) < 4.78 is 27.3. The van der Waals surface area contributed by atoms with Crippen LogP contribution < -0.4 is 0 Å². The Morgan fingerprint density at radius 1 is 1.24 bits per heavy atom. The van der Waals surface area contributed by atoms with Gasteiger partial charge in [-0.2, -0.15) is 0 Å². The van der Waals surface area contributed by atoms with Crippen LogP contribution in [0.25, 0.3) is 0 Å². The molecule has 1 heterocycles. The molecule has 122 valence electrons. The first-order valence-corrected chi connectivity index (χ1v) is 6.59. The maximum Gasteiger partial charge on any atom is 0.305 e. The summed E-state index contributed by atoms with van der Waals surface area (Å²) in [5, 5.41) is 20.3. The van der Waals surface area contributed by atoms with E-state index < -0.39 is 42.6 Å². The summed E-state index contributed by atoms with van der Waals surface area (Å²) in [6.07, 6.45) is -5.65. The van der Waals surface area contributed by atoms with Gasteiger partial charge in [0.15, 0.2) is 0 Å². The maximum atomic E-state index is 11.1. The molecule has 0 aliphatic carbocycles. The van der Waals surface area contributed by atoms with Gasteiger partial charge in [-0.1, -0.05) is 6.90 Å². The van der Waals surface area contributed by atoms with Gasteiger partial charge in [-0.3, -0.25) is 9.59 Å². The molecule has 2 N–H and O–H groups in total. The molecule has 21 heavy (non-hydrogen) atoms. The number of rotatable bonds is 6. The normalized spacial score (nSPS) is 33.1. The first kappa shape index (κ1) is 16.2. The molecule has 8 nitrogen and oxygen atoms in total. The smallest absolute Gasteiger partial charge is 0.305 e. The van der Waals surface area contributed by atoms with Crippen molar-refractivity contribution in [3.8, 4) is 0 Å². The Balaban J connectivity index is 2.76. The number of carbonyl (C=O) groups is 2. The van der Waals surface area contributed by atoms with Crippen LogP contribution in [0.2, 0.25) is 0 Å². The number of esters is 2. The van der Waals surface area contributed by atoms with Crippen LogP contribution in [0, 0.1) is 0 Å². The van der Waals surface area contributed by atoms with Gasteiger partial charge < -0.3 is 29.2 Å². The van der Waals surface area contributed by atoms with Crippen molar-refractivity contribution in [2.75, 3.05) is 13.2 Å². The number of aliphatic hydroxyl groups excluding tert-OH is 2. The van der Waals surface area contributed by atoms with Crippen LogP contribution >= 0.6 is 0 Å². The van der Waals surface area contributed by atoms with Gasteiger partial charge in [0, 0.05) is 21.8 Å². The van der Waals surface area contributed by atoms with Crippen LogP contribution in [-0.2, 0) is 28.5 Å². The van der Waals surface area contributed by atoms with E-state index >= 15 is 0 Å². The van der Waals surface area contributed by atoms with Gasteiger partial charge in [0.2, 0.25) is 6.29 Å². The second kappa shape index (κ2) is 8.28. The van der Waals surface area contributed by atoms with E-state index in [1.165, 1.54) is 6.92 Å². The largest absolute Gasteiger partial charge is 0.463 e. The molecule has 0 bridgehead atoms. The molecule has 5 atom stereocenters. The second-order valence-electron chi connectivity index (χ2n) is 4.63. The van der Waals surface area contributed by atoms with E-state index in [0.29, 0.717) is 6.42 Å². The lowest BCUT2D eigenvalue weighted by Crippen LogP contribution is -2.60. The summed E-state index contributed by atoms with van der Waals surface area (Å²) in [7, 11) is 0. The molecule has 0 aromatic carbocycles. The van der Waals surface area contributed by atoms with Crippen molar-refractivity contribution in [3.05, 3.63) is 0 Å². The van der Waals surface area contributed by atoms with E-state index in [9.17, 15) is 19.8 Å². The summed E-state index contributed by atoms with van der Waals surface area (Å²) in [4.78, 5) is 21.9. The lowest BCUT2D eigenvalue weighted by molar-refractivity contribution is -0.299. The van der Waals surface area contributed by atoms with Gasteiger partial charge in [0.1, 0.15) is 31.0 Å². The Hall–Kier alpha value is -1.22. The lowest BCUT2D eigenvalue weighted by Gasteiger charge is -2.41. The van der Waals surface area contributed by atoms with Gasteiger partial charge in [0.05, 0.1) is 0 Å². The minimum Gasteiger partial charge on any atom is -0.463 e. The number of hydrogen-bond donors (Lipinski definition) is 2. The molecular weight excluding hydrogens is 284 g/mol. The molecule has 0 saturated carbocycles. The van der Waals surface area contributed by atoms with Crippen LogP contribution in [0.5, 0.6) is 0 Å². The molecule has 0 aromatic heterocycles. The zero-order valence-corrected chi connectivity index (χ0v) is 12.1. The summed E-state index contributed by atoms with van der Waals surface area (Å²) >= 11 is 0. The summed E-state index contributed by atoms with van der Waals surface area (Å²) in [6, 6.07) is 0. The third-order valence-electron chi connectivity index (χ3n) is 2.83. The molecule has 0 amide bonds. The quantitative estimate of drug-likeness (QED) is 0.492. The number of aliphatic hydroxyl groups is 2. The fraction of sp³-hybridized carbons (Fsp3) is 0.846. The van der Waals surface area contributed by atoms with Crippen molar-refractivity contribution in [2.24, 2.45) is 0 Å². The van der Waals surface area contributed by atoms with Gasteiger partial charge >= 0.3 is 11.9 Å². The Morgan fingerprint density at radius 3 is 2.52 bits per heavy atom. The number of carbonyl (C=O) groups excluding carboxylic acids is 2. The summed E-state index contributed by atoms with van der Waals surface area (Å²) in [5.74, 6) is -1.23. The molecule has 1 rings (SSSR count). The average Bonchev–Trinajstić information content (AvgIpc) is 2.43. The van der Waals surface area contributed by atoms with Crippen molar-refractivity contribution >= 4 is 11.9 Å². The van der Waals surface area contributed by atoms with Crippen molar-refractivity contribution in [2.45, 2.75) is 57.9 Å². The van der Waals surface area contributed by atoms with Crippen LogP contribution in [0.3, 0.4) is 0 Å². The molecule has 0 spiro atoms. The van der Waals surface area contributed by atoms with Crippen molar-refractivity contribution < 1.29 is 40.1 Å². The first-order chi connectivity index (χ1) is 10.4. The molecule has 1 saturated heterocycles. The predicted molar refractivity (Wildman–Crippen MR) is 69.1 cm³/mol.